The second-order valence-corrected chi connectivity index (χ2v) is 3.80. The molecule has 1 aromatic carbocycles. The van der Waals surface area contributed by atoms with Crippen LogP contribution in [0.25, 0.3) is 10.9 Å². The summed E-state index contributed by atoms with van der Waals surface area (Å²) in [7, 11) is 0. The van der Waals surface area contributed by atoms with Crippen LogP contribution in [0.2, 0.25) is 0 Å². The van der Waals surface area contributed by atoms with E-state index in [1.807, 2.05) is 6.08 Å². The normalized spacial score (nSPS) is 10.7. The third kappa shape index (κ3) is 1.82. The van der Waals surface area contributed by atoms with Gasteiger partial charge in [0.1, 0.15) is 0 Å². The van der Waals surface area contributed by atoms with Gasteiger partial charge in [0.25, 0.3) is 0 Å². The minimum absolute atomic E-state index is 1.03. The predicted molar refractivity (Wildman–Crippen MR) is 66.1 cm³/mol. The van der Waals surface area contributed by atoms with Crippen LogP contribution in [0.4, 0.5) is 0 Å². The van der Waals surface area contributed by atoms with Gasteiger partial charge in [-0.05, 0) is 29.9 Å². The Balaban J connectivity index is 2.50. The standard InChI is InChI=1S/C14H17N/c1-3-5-10-15-11-9-13-8-6-7-12(4-2)14(13)15/h3,6-9,11H,1,4-5,10H2,2H3. The molecular weight excluding hydrogens is 182 g/mol. The summed E-state index contributed by atoms with van der Waals surface area (Å²) in [6.07, 6.45) is 6.27. The molecule has 78 valence electrons. The summed E-state index contributed by atoms with van der Waals surface area (Å²) < 4.78 is 2.33. The van der Waals surface area contributed by atoms with Crippen molar-refractivity contribution < 1.29 is 0 Å². The highest BCUT2D eigenvalue weighted by Gasteiger charge is 2.03. The van der Waals surface area contributed by atoms with E-state index in [4.69, 9.17) is 0 Å². The van der Waals surface area contributed by atoms with Crippen LogP contribution in [-0.2, 0) is 13.0 Å². The van der Waals surface area contributed by atoms with Gasteiger partial charge in [0.15, 0.2) is 0 Å². The Morgan fingerprint density at radius 2 is 2.20 bits per heavy atom. The van der Waals surface area contributed by atoms with Crippen LogP contribution in [0, 0.1) is 0 Å². The number of hydrogen-bond donors (Lipinski definition) is 0. The number of aryl methyl sites for hydroxylation is 2. The molecule has 0 aliphatic heterocycles. The van der Waals surface area contributed by atoms with Crippen LogP contribution in [0.3, 0.4) is 0 Å². The Labute approximate surface area is 91.0 Å². The lowest BCUT2D eigenvalue weighted by Crippen LogP contribution is -1.97. The highest BCUT2D eigenvalue weighted by atomic mass is 14.9. The number of fused-ring (bicyclic) bond motifs is 1. The molecule has 0 saturated carbocycles. The van der Waals surface area contributed by atoms with E-state index in [-0.39, 0.29) is 0 Å². The van der Waals surface area contributed by atoms with Gasteiger partial charge in [-0.25, -0.2) is 0 Å². The maximum atomic E-state index is 3.77. The summed E-state index contributed by atoms with van der Waals surface area (Å²) >= 11 is 0. The van der Waals surface area contributed by atoms with Crippen molar-refractivity contribution in [3.8, 4) is 0 Å². The van der Waals surface area contributed by atoms with Gasteiger partial charge >= 0.3 is 0 Å². The lowest BCUT2D eigenvalue weighted by atomic mass is 10.1. The first-order valence-corrected chi connectivity index (χ1v) is 5.54. The van der Waals surface area contributed by atoms with Crippen molar-refractivity contribution in [1.82, 2.24) is 4.57 Å². The molecule has 2 rings (SSSR count). The van der Waals surface area contributed by atoms with Crippen LogP contribution in [0.15, 0.2) is 43.1 Å². The summed E-state index contributed by atoms with van der Waals surface area (Å²) in [4.78, 5) is 0. The Hall–Kier alpha value is -1.50. The molecule has 0 aliphatic rings. The molecular formula is C14H17N. The van der Waals surface area contributed by atoms with Gasteiger partial charge in [-0.3, -0.25) is 0 Å². The molecule has 0 amide bonds. The molecule has 1 heterocycles. The zero-order valence-electron chi connectivity index (χ0n) is 9.24. The number of allylic oxidation sites excluding steroid dienone is 1. The van der Waals surface area contributed by atoms with Crippen molar-refractivity contribution in [2.45, 2.75) is 26.3 Å². The van der Waals surface area contributed by atoms with Gasteiger partial charge in [-0.2, -0.15) is 0 Å². The molecule has 0 bridgehead atoms. The first-order chi connectivity index (χ1) is 7.36. The van der Waals surface area contributed by atoms with E-state index in [1.165, 1.54) is 16.5 Å². The summed E-state index contributed by atoms with van der Waals surface area (Å²) in [5.74, 6) is 0. The van der Waals surface area contributed by atoms with E-state index < -0.39 is 0 Å². The molecule has 0 atom stereocenters. The topological polar surface area (TPSA) is 4.93 Å². The summed E-state index contributed by atoms with van der Waals surface area (Å²) in [6.45, 7) is 7.01. The van der Waals surface area contributed by atoms with Crippen LogP contribution in [-0.4, -0.2) is 4.57 Å². The molecule has 0 spiro atoms. The monoisotopic (exact) mass is 199 g/mol. The summed E-state index contributed by atoms with van der Waals surface area (Å²) in [6, 6.07) is 8.72. The number of aromatic nitrogens is 1. The SMILES string of the molecule is C=CCCn1ccc2cccc(CC)c21. The Morgan fingerprint density at radius 3 is 2.93 bits per heavy atom. The third-order valence-corrected chi connectivity index (χ3v) is 2.83. The van der Waals surface area contributed by atoms with Crippen molar-refractivity contribution in [3.63, 3.8) is 0 Å². The zero-order valence-corrected chi connectivity index (χ0v) is 9.24. The smallest absolute Gasteiger partial charge is 0.0512 e. The minimum atomic E-state index is 1.03. The molecule has 15 heavy (non-hydrogen) atoms. The zero-order chi connectivity index (χ0) is 10.7. The third-order valence-electron chi connectivity index (χ3n) is 2.83. The first-order valence-electron chi connectivity index (χ1n) is 5.54. The number of nitrogens with zero attached hydrogens (tertiary/aromatic N) is 1. The largest absolute Gasteiger partial charge is 0.347 e. The van der Waals surface area contributed by atoms with Crippen molar-refractivity contribution in [1.29, 1.82) is 0 Å². The van der Waals surface area contributed by atoms with Gasteiger partial charge in [-0.15, -0.1) is 6.58 Å². The molecule has 1 nitrogen and oxygen atoms in total. The van der Waals surface area contributed by atoms with Gasteiger partial charge in [-0.1, -0.05) is 31.2 Å². The molecule has 2 aromatic rings. The Kier molecular flexibility index (Phi) is 2.91. The summed E-state index contributed by atoms with van der Waals surface area (Å²) in [5.41, 5.74) is 2.82. The van der Waals surface area contributed by atoms with E-state index in [9.17, 15) is 0 Å². The predicted octanol–water partition coefficient (Wildman–Crippen LogP) is 3.78. The van der Waals surface area contributed by atoms with Gasteiger partial charge in [0.2, 0.25) is 0 Å². The summed E-state index contributed by atoms with van der Waals surface area (Å²) in [5, 5.41) is 1.35. The molecule has 0 aliphatic carbocycles. The molecule has 0 fully saturated rings. The van der Waals surface area contributed by atoms with E-state index in [1.54, 1.807) is 0 Å². The fraction of sp³-hybridized carbons (Fsp3) is 0.286. The maximum absolute atomic E-state index is 3.77. The lowest BCUT2D eigenvalue weighted by molar-refractivity contribution is 0.736. The fourth-order valence-corrected chi connectivity index (χ4v) is 2.04. The number of hydrogen-bond acceptors (Lipinski definition) is 0. The molecule has 1 aromatic heterocycles. The maximum Gasteiger partial charge on any atom is 0.0512 e. The average Bonchev–Trinajstić information content (AvgIpc) is 2.69. The molecule has 0 saturated heterocycles. The quantitative estimate of drug-likeness (QED) is 0.660. The molecule has 0 radical (unpaired) electrons. The second-order valence-electron chi connectivity index (χ2n) is 3.80. The van der Waals surface area contributed by atoms with E-state index >= 15 is 0 Å². The van der Waals surface area contributed by atoms with E-state index in [0.717, 1.165) is 19.4 Å². The van der Waals surface area contributed by atoms with Crippen molar-refractivity contribution in [2.75, 3.05) is 0 Å². The van der Waals surface area contributed by atoms with Gasteiger partial charge in [0, 0.05) is 12.7 Å². The first kappa shape index (κ1) is 10.0. The fourth-order valence-electron chi connectivity index (χ4n) is 2.04. The van der Waals surface area contributed by atoms with Crippen LogP contribution in [0.5, 0.6) is 0 Å². The van der Waals surface area contributed by atoms with Gasteiger partial charge in [0.05, 0.1) is 5.52 Å². The number of benzene rings is 1. The number of para-hydroxylation sites is 1. The highest BCUT2D eigenvalue weighted by Crippen LogP contribution is 2.21. The van der Waals surface area contributed by atoms with Crippen molar-refractivity contribution in [2.24, 2.45) is 0 Å². The van der Waals surface area contributed by atoms with E-state index in [2.05, 4.69) is 48.5 Å². The van der Waals surface area contributed by atoms with Crippen LogP contribution < -0.4 is 0 Å². The average molecular weight is 199 g/mol. The Bertz CT molecular complexity index is 465. The second kappa shape index (κ2) is 4.35. The molecule has 0 unspecified atom stereocenters. The lowest BCUT2D eigenvalue weighted by Gasteiger charge is -2.07. The molecule has 1 heteroatoms. The van der Waals surface area contributed by atoms with Crippen LogP contribution in [0.1, 0.15) is 18.9 Å². The van der Waals surface area contributed by atoms with Crippen molar-refractivity contribution in [3.05, 3.63) is 48.7 Å². The van der Waals surface area contributed by atoms with Crippen LogP contribution >= 0.6 is 0 Å². The highest BCUT2D eigenvalue weighted by molar-refractivity contribution is 5.83. The number of rotatable bonds is 4. The van der Waals surface area contributed by atoms with Gasteiger partial charge < -0.3 is 4.57 Å². The van der Waals surface area contributed by atoms with Crippen molar-refractivity contribution >= 4 is 10.9 Å². The Morgan fingerprint density at radius 1 is 1.33 bits per heavy atom. The molecule has 0 N–H and O–H groups in total. The minimum Gasteiger partial charge on any atom is -0.347 e. The van der Waals surface area contributed by atoms with E-state index in [0.29, 0.717) is 0 Å².